The summed E-state index contributed by atoms with van der Waals surface area (Å²) >= 11 is 0. The van der Waals surface area contributed by atoms with E-state index in [2.05, 4.69) is 16.7 Å². The maximum atomic E-state index is 14.1. The van der Waals surface area contributed by atoms with E-state index < -0.39 is 50.5 Å². The molecule has 2 aliphatic rings. The van der Waals surface area contributed by atoms with Gasteiger partial charge in [-0.05, 0) is 48.4 Å². The number of amides is 3. The smallest absolute Gasteiger partial charge is 0.242 e. The van der Waals surface area contributed by atoms with Crippen LogP contribution in [0.5, 0.6) is 0 Å². The minimum atomic E-state index is -4.25. The second-order valence-corrected chi connectivity index (χ2v) is 14.3. The van der Waals surface area contributed by atoms with Crippen molar-refractivity contribution in [1.82, 2.24) is 9.21 Å². The Morgan fingerprint density at radius 1 is 1.17 bits per heavy atom. The van der Waals surface area contributed by atoms with E-state index in [1.807, 2.05) is 58.9 Å². The third kappa shape index (κ3) is 5.85. The van der Waals surface area contributed by atoms with Crippen LogP contribution in [0.4, 0.5) is 11.4 Å². The molecule has 0 bridgehead atoms. The predicted molar refractivity (Wildman–Crippen MR) is 156 cm³/mol. The van der Waals surface area contributed by atoms with Crippen molar-refractivity contribution in [1.29, 1.82) is 5.26 Å². The van der Waals surface area contributed by atoms with Gasteiger partial charge in [0.2, 0.25) is 27.7 Å². The normalized spacial score (nSPS) is 21.0. The number of nitriles is 1. The van der Waals surface area contributed by atoms with E-state index in [0.717, 1.165) is 21.0 Å². The topological polar surface area (TPSA) is 140 Å². The van der Waals surface area contributed by atoms with Gasteiger partial charge in [-0.25, -0.2) is 8.42 Å². The van der Waals surface area contributed by atoms with E-state index >= 15 is 0 Å². The average Bonchev–Trinajstić information content (AvgIpc) is 3.41. The van der Waals surface area contributed by atoms with Gasteiger partial charge in [0.1, 0.15) is 17.8 Å². The Bertz CT molecular complexity index is 1520. The highest BCUT2D eigenvalue weighted by atomic mass is 32.2. The fourth-order valence-electron chi connectivity index (χ4n) is 5.78. The number of carbonyl (C=O) groups is 3. The number of likely N-dealkylation sites (tertiary alicyclic amines) is 1. The van der Waals surface area contributed by atoms with Crippen LogP contribution in [0.3, 0.4) is 0 Å². The minimum absolute atomic E-state index is 0.0471. The number of likely N-dealkylation sites (N-methyl/N-ethyl adjacent to an activating group) is 1. The number of para-hydroxylation sites is 2. The lowest BCUT2D eigenvalue weighted by Crippen LogP contribution is -2.53. The molecule has 11 heteroatoms. The lowest BCUT2D eigenvalue weighted by atomic mass is 9.80. The molecule has 0 saturated carbocycles. The summed E-state index contributed by atoms with van der Waals surface area (Å²) in [5.41, 5.74) is 1.94. The third-order valence-corrected chi connectivity index (χ3v) is 9.70. The van der Waals surface area contributed by atoms with Gasteiger partial charge in [-0.2, -0.15) is 9.57 Å². The highest BCUT2D eigenvalue weighted by Crippen LogP contribution is 2.46. The van der Waals surface area contributed by atoms with Crippen molar-refractivity contribution in [2.24, 2.45) is 5.41 Å². The van der Waals surface area contributed by atoms with Crippen LogP contribution >= 0.6 is 0 Å². The Morgan fingerprint density at radius 3 is 2.41 bits per heavy atom. The molecule has 2 aromatic rings. The van der Waals surface area contributed by atoms with E-state index in [-0.39, 0.29) is 25.3 Å². The van der Waals surface area contributed by atoms with Crippen LogP contribution in [-0.4, -0.2) is 66.8 Å². The van der Waals surface area contributed by atoms with Crippen molar-refractivity contribution >= 4 is 39.1 Å². The molecule has 2 aromatic carbocycles. The summed E-state index contributed by atoms with van der Waals surface area (Å²) in [6, 6.07) is 12.7. The molecule has 2 aliphatic heterocycles. The van der Waals surface area contributed by atoms with Gasteiger partial charge in [0.15, 0.2) is 0 Å². The number of fused-ring (bicyclic) bond motifs is 2. The number of aryl methyl sites for hydroxylation is 2. The zero-order valence-electron chi connectivity index (χ0n) is 24.3. The molecule has 0 unspecified atom stereocenters. The van der Waals surface area contributed by atoms with Crippen LogP contribution in [-0.2, 0) is 29.8 Å². The van der Waals surface area contributed by atoms with Gasteiger partial charge in [0.25, 0.3) is 0 Å². The number of hydrogen-bond acceptors (Lipinski definition) is 6. The summed E-state index contributed by atoms with van der Waals surface area (Å²) in [7, 11) is -2.96. The SMILES string of the molecule is Cc1cccc(C)c1NC(=O)CS(=O)(=O)N(C)[C@@H](CC(C)(C)C)C(=O)N1C[C@]2(C[C@H]1C#N)C(=O)Nc1ccccc12. The molecule has 4 rings (SSSR count). The molecule has 0 aromatic heterocycles. The molecule has 1 saturated heterocycles. The fraction of sp³-hybridized carbons (Fsp3) is 0.467. The molecule has 3 atom stereocenters. The second-order valence-electron chi connectivity index (χ2n) is 12.3. The van der Waals surface area contributed by atoms with Gasteiger partial charge in [-0.1, -0.05) is 57.2 Å². The number of rotatable bonds is 7. The van der Waals surface area contributed by atoms with Gasteiger partial charge < -0.3 is 15.5 Å². The molecule has 41 heavy (non-hydrogen) atoms. The maximum absolute atomic E-state index is 14.1. The summed E-state index contributed by atoms with van der Waals surface area (Å²) < 4.78 is 28.0. The Hall–Kier alpha value is -3.75. The van der Waals surface area contributed by atoms with Crippen molar-refractivity contribution in [3.63, 3.8) is 0 Å². The van der Waals surface area contributed by atoms with Gasteiger partial charge in [0, 0.05) is 31.4 Å². The summed E-state index contributed by atoms with van der Waals surface area (Å²) in [6.45, 7) is 9.24. The van der Waals surface area contributed by atoms with Crippen LogP contribution in [0.1, 0.15) is 50.3 Å². The van der Waals surface area contributed by atoms with Gasteiger partial charge in [-0.3, -0.25) is 14.4 Å². The fourth-order valence-corrected chi connectivity index (χ4v) is 6.94. The molecule has 2 heterocycles. The lowest BCUT2D eigenvalue weighted by Gasteiger charge is -2.35. The van der Waals surface area contributed by atoms with Crippen LogP contribution in [0.15, 0.2) is 42.5 Å². The Morgan fingerprint density at radius 2 is 1.80 bits per heavy atom. The zero-order valence-corrected chi connectivity index (χ0v) is 25.1. The number of hydrogen-bond donors (Lipinski definition) is 2. The van der Waals surface area contributed by atoms with E-state index in [9.17, 15) is 28.1 Å². The summed E-state index contributed by atoms with van der Waals surface area (Å²) in [5.74, 6) is -2.43. The van der Waals surface area contributed by atoms with Crippen LogP contribution in [0, 0.1) is 30.6 Å². The Labute approximate surface area is 241 Å². The standard InChI is InChI=1S/C30H37N5O5S/c1-19-10-9-11-20(2)26(19)33-25(36)17-41(39,40)34(6)24(15-29(3,4)5)27(37)35-18-30(14-21(35)16-31)22-12-7-8-13-23(22)32-28(30)38/h7-13,21,24H,14-15,17-18H2,1-6H3,(H,32,38)(H,33,36)/t21-,24-,30-/m0/s1. The van der Waals surface area contributed by atoms with Crippen molar-refractivity contribution in [2.75, 3.05) is 30.0 Å². The van der Waals surface area contributed by atoms with Gasteiger partial charge in [0.05, 0.1) is 11.5 Å². The predicted octanol–water partition coefficient (Wildman–Crippen LogP) is 3.32. The van der Waals surface area contributed by atoms with E-state index in [1.165, 1.54) is 11.9 Å². The molecule has 3 amide bonds. The number of nitrogens with one attached hydrogen (secondary N) is 2. The molecular weight excluding hydrogens is 542 g/mol. The van der Waals surface area contributed by atoms with Crippen LogP contribution < -0.4 is 10.6 Å². The lowest BCUT2D eigenvalue weighted by molar-refractivity contribution is -0.136. The molecule has 2 N–H and O–H groups in total. The molecular formula is C30H37N5O5S. The average molecular weight is 580 g/mol. The molecule has 0 aliphatic carbocycles. The monoisotopic (exact) mass is 579 g/mol. The van der Waals surface area contributed by atoms with Crippen molar-refractivity contribution in [2.45, 2.75) is 65.0 Å². The van der Waals surface area contributed by atoms with E-state index in [4.69, 9.17) is 0 Å². The van der Waals surface area contributed by atoms with Crippen molar-refractivity contribution in [3.05, 3.63) is 59.2 Å². The van der Waals surface area contributed by atoms with Gasteiger partial charge in [-0.15, -0.1) is 0 Å². The highest BCUT2D eigenvalue weighted by Gasteiger charge is 2.57. The third-order valence-electron chi connectivity index (χ3n) is 7.94. The number of sulfonamides is 1. The first-order chi connectivity index (χ1) is 19.1. The zero-order chi connectivity index (χ0) is 30.3. The molecule has 218 valence electrons. The van der Waals surface area contributed by atoms with Gasteiger partial charge >= 0.3 is 0 Å². The minimum Gasteiger partial charge on any atom is -0.325 e. The molecule has 10 nitrogen and oxygen atoms in total. The van der Waals surface area contributed by atoms with E-state index in [0.29, 0.717) is 11.4 Å². The van der Waals surface area contributed by atoms with Crippen LogP contribution in [0.2, 0.25) is 0 Å². The van der Waals surface area contributed by atoms with Crippen molar-refractivity contribution < 1.29 is 22.8 Å². The molecule has 0 radical (unpaired) electrons. The maximum Gasteiger partial charge on any atom is 0.242 e. The number of nitrogens with zero attached hydrogens (tertiary/aromatic N) is 3. The Kier molecular flexibility index (Phi) is 8.04. The number of anilines is 2. The molecule has 1 fully saturated rings. The highest BCUT2D eigenvalue weighted by molar-refractivity contribution is 7.89. The first kappa shape index (κ1) is 30.2. The van der Waals surface area contributed by atoms with E-state index in [1.54, 1.807) is 18.2 Å². The summed E-state index contributed by atoms with van der Waals surface area (Å²) in [6.07, 6.45) is 0.249. The van der Waals surface area contributed by atoms with Crippen molar-refractivity contribution in [3.8, 4) is 6.07 Å². The van der Waals surface area contributed by atoms with Crippen LogP contribution in [0.25, 0.3) is 0 Å². The number of carbonyl (C=O) groups excluding carboxylic acids is 3. The summed E-state index contributed by atoms with van der Waals surface area (Å²) in [5, 5.41) is 15.6. The summed E-state index contributed by atoms with van der Waals surface area (Å²) in [4.78, 5) is 41.6. The largest absolute Gasteiger partial charge is 0.325 e. The first-order valence-electron chi connectivity index (χ1n) is 13.5. The Balaban J connectivity index is 1.61. The number of benzene rings is 2. The molecule has 1 spiro atoms. The first-order valence-corrected chi connectivity index (χ1v) is 15.1. The second kappa shape index (κ2) is 10.9. The quantitative estimate of drug-likeness (QED) is 0.516.